The van der Waals surface area contributed by atoms with Crippen molar-refractivity contribution in [2.45, 2.75) is 44.0 Å². The van der Waals surface area contributed by atoms with Gasteiger partial charge in [-0.3, -0.25) is 4.68 Å². The maximum absolute atomic E-state index is 4.27. The van der Waals surface area contributed by atoms with Crippen LogP contribution in [0, 0.1) is 5.92 Å². The van der Waals surface area contributed by atoms with Crippen molar-refractivity contribution in [3.8, 4) is 0 Å². The lowest BCUT2D eigenvalue weighted by molar-refractivity contribution is 0.597. The van der Waals surface area contributed by atoms with E-state index in [-0.39, 0.29) is 0 Å². The molecule has 1 atom stereocenters. The SMILES string of the molecule is CCn1nccc1CCC(Br)C1CC1. The van der Waals surface area contributed by atoms with E-state index >= 15 is 0 Å². The molecule has 2 rings (SSSR count). The maximum atomic E-state index is 4.27. The van der Waals surface area contributed by atoms with E-state index in [1.165, 1.54) is 25.0 Å². The zero-order valence-corrected chi connectivity index (χ0v) is 10.2. The number of rotatable bonds is 5. The molecule has 1 aromatic heterocycles. The first-order valence-corrected chi connectivity index (χ1v) is 6.37. The van der Waals surface area contributed by atoms with Crippen LogP contribution in [-0.4, -0.2) is 14.6 Å². The number of halogens is 1. The summed E-state index contributed by atoms with van der Waals surface area (Å²) in [6.07, 6.45) is 7.14. The summed E-state index contributed by atoms with van der Waals surface area (Å²) in [5.74, 6) is 0.952. The number of nitrogens with zero attached hydrogens (tertiary/aromatic N) is 2. The van der Waals surface area contributed by atoms with Crippen molar-refractivity contribution in [1.82, 2.24) is 9.78 Å². The molecule has 0 N–H and O–H groups in total. The van der Waals surface area contributed by atoms with Crippen molar-refractivity contribution >= 4 is 15.9 Å². The molecule has 1 aliphatic carbocycles. The summed E-state index contributed by atoms with van der Waals surface area (Å²) in [6.45, 7) is 3.13. The number of aromatic nitrogens is 2. The van der Waals surface area contributed by atoms with Crippen molar-refractivity contribution in [1.29, 1.82) is 0 Å². The van der Waals surface area contributed by atoms with E-state index in [2.05, 4.69) is 38.7 Å². The summed E-state index contributed by atoms with van der Waals surface area (Å²) >= 11 is 3.77. The second kappa shape index (κ2) is 4.47. The predicted octanol–water partition coefficient (Wildman–Crippen LogP) is 3.01. The molecule has 0 bridgehead atoms. The van der Waals surface area contributed by atoms with Crippen molar-refractivity contribution in [2.24, 2.45) is 5.92 Å². The molecule has 1 saturated carbocycles. The summed E-state index contributed by atoms with van der Waals surface area (Å²) in [5.41, 5.74) is 1.37. The van der Waals surface area contributed by atoms with Gasteiger partial charge < -0.3 is 0 Å². The van der Waals surface area contributed by atoms with E-state index in [0.717, 1.165) is 23.7 Å². The molecule has 0 radical (unpaired) electrons. The fourth-order valence-electron chi connectivity index (χ4n) is 1.84. The third kappa shape index (κ3) is 2.38. The molecule has 1 heterocycles. The van der Waals surface area contributed by atoms with Gasteiger partial charge in [-0.1, -0.05) is 15.9 Å². The van der Waals surface area contributed by atoms with E-state index in [1.807, 2.05) is 6.20 Å². The van der Waals surface area contributed by atoms with Gasteiger partial charge in [-0.05, 0) is 44.6 Å². The molecule has 0 aliphatic heterocycles. The second-order valence-electron chi connectivity index (χ2n) is 4.03. The van der Waals surface area contributed by atoms with Crippen molar-refractivity contribution in [2.75, 3.05) is 0 Å². The Morgan fingerprint density at radius 2 is 2.43 bits per heavy atom. The topological polar surface area (TPSA) is 17.8 Å². The van der Waals surface area contributed by atoms with Gasteiger partial charge >= 0.3 is 0 Å². The average Bonchev–Trinajstić information content (AvgIpc) is 2.94. The molecule has 1 unspecified atom stereocenters. The molecule has 1 fully saturated rings. The van der Waals surface area contributed by atoms with E-state index in [9.17, 15) is 0 Å². The summed E-state index contributed by atoms with van der Waals surface area (Å²) in [7, 11) is 0. The highest BCUT2D eigenvalue weighted by molar-refractivity contribution is 9.09. The fourth-order valence-corrected chi connectivity index (χ4v) is 2.59. The highest BCUT2D eigenvalue weighted by Gasteiger charge is 2.28. The Morgan fingerprint density at radius 3 is 3.07 bits per heavy atom. The van der Waals surface area contributed by atoms with Crippen LogP contribution in [0.3, 0.4) is 0 Å². The van der Waals surface area contributed by atoms with Crippen LogP contribution in [-0.2, 0) is 13.0 Å². The Bertz CT molecular complexity index is 291. The third-order valence-electron chi connectivity index (χ3n) is 2.91. The second-order valence-corrected chi connectivity index (χ2v) is 5.21. The van der Waals surface area contributed by atoms with Crippen LogP contribution >= 0.6 is 15.9 Å². The molecule has 14 heavy (non-hydrogen) atoms. The first-order chi connectivity index (χ1) is 6.81. The standard InChI is InChI=1S/C11H17BrN2/c1-2-14-10(7-8-13-14)5-6-11(12)9-3-4-9/h7-9,11H,2-6H2,1H3. The Labute approximate surface area is 93.8 Å². The molecule has 0 aromatic carbocycles. The number of hydrogen-bond donors (Lipinski definition) is 0. The highest BCUT2D eigenvalue weighted by Crippen LogP contribution is 2.38. The monoisotopic (exact) mass is 256 g/mol. The highest BCUT2D eigenvalue weighted by atomic mass is 79.9. The smallest absolute Gasteiger partial charge is 0.0492 e. The Kier molecular flexibility index (Phi) is 3.26. The normalized spacial score (nSPS) is 18.4. The molecule has 1 aromatic rings. The van der Waals surface area contributed by atoms with Gasteiger partial charge in [0.15, 0.2) is 0 Å². The van der Waals surface area contributed by atoms with E-state index in [1.54, 1.807) is 0 Å². The van der Waals surface area contributed by atoms with Gasteiger partial charge in [0, 0.05) is 23.3 Å². The minimum Gasteiger partial charge on any atom is -0.270 e. The molecule has 0 saturated heterocycles. The van der Waals surface area contributed by atoms with Crippen LogP contribution in [0.4, 0.5) is 0 Å². The van der Waals surface area contributed by atoms with Gasteiger partial charge in [0.2, 0.25) is 0 Å². The van der Waals surface area contributed by atoms with Crippen LogP contribution in [0.15, 0.2) is 12.3 Å². The number of aryl methyl sites for hydroxylation is 2. The zero-order chi connectivity index (χ0) is 9.97. The van der Waals surface area contributed by atoms with Gasteiger partial charge in [0.05, 0.1) is 0 Å². The summed E-state index contributed by atoms with van der Waals surface area (Å²) < 4.78 is 2.09. The predicted molar refractivity (Wildman–Crippen MR) is 61.7 cm³/mol. The molecule has 78 valence electrons. The fraction of sp³-hybridized carbons (Fsp3) is 0.727. The lowest BCUT2D eigenvalue weighted by Crippen LogP contribution is -2.07. The average molecular weight is 257 g/mol. The van der Waals surface area contributed by atoms with Crippen LogP contribution in [0.2, 0.25) is 0 Å². The minimum absolute atomic E-state index is 0.725. The molecule has 2 nitrogen and oxygen atoms in total. The minimum atomic E-state index is 0.725. The van der Waals surface area contributed by atoms with Crippen molar-refractivity contribution in [3.63, 3.8) is 0 Å². The lowest BCUT2D eigenvalue weighted by Gasteiger charge is -2.08. The lowest BCUT2D eigenvalue weighted by atomic mass is 10.1. The molecule has 3 heteroatoms. The van der Waals surface area contributed by atoms with Gasteiger partial charge in [-0.25, -0.2) is 0 Å². The molecule has 0 amide bonds. The zero-order valence-electron chi connectivity index (χ0n) is 8.62. The third-order valence-corrected chi connectivity index (χ3v) is 4.12. The van der Waals surface area contributed by atoms with E-state index in [4.69, 9.17) is 0 Å². The Hall–Kier alpha value is -0.310. The summed E-state index contributed by atoms with van der Waals surface area (Å²) in [6, 6.07) is 2.14. The van der Waals surface area contributed by atoms with Gasteiger partial charge in [0.25, 0.3) is 0 Å². The van der Waals surface area contributed by atoms with E-state index in [0.29, 0.717) is 0 Å². The van der Waals surface area contributed by atoms with Crippen molar-refractivity contribution in [3.05, 3.63) is 18.0 Å². The van der Waals surface area contributed by atoms with Crippen LogP contribution in [0.1, 0.15) is 31.9 Å². The largest absolute Gasteiger partial charge is 0.270 e. The first-order valence-electron chi connectivity index (χ1n) is 5.46. The number of alkyl halides is 1. The molecular weight excluding hydrogens is 240 g/mol. The molecule has 0 spiro atoms. The van der Waals surface area contributed by atoms with Gasteiger partial charge in [-0.2, -0.15) is 5.10 Å². The molecule has 1 aliphatic rings. The van der Waals surface area contributed by atoms with Crippen LogP contribution < -0.4 is 0 Å². The van der Waals surface area contributed by atoms with Gasteiger partial charge in [0.1, 0.15) is 0 Å². The van der Waals surface area contributed by atoms with E-state index < -0.39 is 0 Å². The van der Waals surface area contributed by atoms with Crippen LogP contribution in [0.5, 0.6) is 0 Å². The Balaban J connectivity index is 1.84. The number of hydrogen-bond acceptors (Lipinski definition) is 1. The Morgan fingerprint density at radius 1 is 1.64 bits per heavy atom. The van der Waals surface area contributed by atoms with Crippen LogP contribution in [0.25, 0.3) is 0 Å². The quantitative estimate of drug-likeness (QED) is 0.741. The maximum Gasteiger partial charge on any atom is 0.0492 e. The molecular formula is C11H17BrN2. The van der Waals surface area contributed by atoms with Crippen molar-refractivity contribution < 1.29 is 0 Å². The summed E-state index contributed by atoms with van der Waals surface area (Å²) in [4.78, 5) is 0.725. The summed E-state index contributed by atoms with van der Waals surface area (Å²) in [5, 5.41) is 4.27. The van der Waals surface area contributed by atoms with Gasteiger partial charge in [-0.15, -0.1) is 0 Å². The first kappa shape index (κ1) is 10.2.